The molecule has 2 amide bonds. The van der Waals surface area contributed by atoms with Crippen molar-refractivity contribution in [3.05, 3.63) is 41.8 Å². The van der Waals surface area contributed by atoms with Crippen LogP contribution in [-0.2, 0) is 20.9 Å². The third-order valence-electron chi connectivity index (χ3n) is 5.95. The SMILES string of the molecule is CC1(C)C(=O)Nc2ccccc2N1C(=O)CSc1nnc(-c2cccs2)n1C[C@H]1CCCO1. The highest BCUT2D eigenvalue weighted by Crippen LogP contribution is 2.37. The van der Waals surface area contributed by atoms with Crippen LogP contribution in [0.25, 0.3) is 10.7 Å². The number of hydrogen-bond donors (Lipinski definition) is 1. The maximum Gasteiger partial charge on any atom is 0.250 e. The number of rotatable bonds is 6. The van der Waals surface area contributed by atoms with E-state index in [9.17, 15) is 9.59 Å². The highest BCUT2D eigenvalue weighted by atomic mass is 32.2. The zero-order valence-electron chi connectivity index (χ0n) is 18.5. The first kappa shape index (κ1) is 22.1. The van der Waals surface area contributed by atoms with E-state index in [1.807, 2.05) is 35.7 Å². The van der Waals surface area contributed by atoms with Crippen LogP contribution in [0, 0.1) is 0 Å². The van der Waals surface area contributed by atoms with E-state index in [1.165, 1.54) is 11.8 Å². The van der Waals surface area contributed by atoms with Crippen LogP contribution in [0.2, 0.25) is 0 Å². The summed E-state index contributed by atoms with van der Waals surface area (Å²) in [5, 5.41) is 14.4. The van der Waals surface area contributed by atoms with E-state index in [-0.39, 0.29) is 23.7 Å². The van der Waals surface area contributed by atoms with E-state index in [0.29, 0.717) is 23.1 Å². The van der Waals surface area contributed by atoms with Crippen molar-refractivity contribution in [2.75, 3.05) is 22.6 Å². The molecule has 0 radical (unpaired) electrons. The molecule has 172 valence electrons. The lowest BCUT2D eigenvalue weighted by molar-refractivity contribution is -0.125. The molecule has 0 unspecified atom stereocenters. The Bertz CT molecular complexity index is 1170. The van der Waals surface area contributed by atoms with E-state index in [4.69, 9.17) is 4.74 Å². The van der Waals surface area contributed by atoms with Crippen LogP contribution >= 0.6 is 23.1 Å². The highest BCUT2D eigenvalue weighted by molar-refractivity contribution is 7.99. The van der Waals surface area contributed by atoms with Crippen LogP contribution in [0.5, 0.6) is 0 Å². The molecule has 0 bridgehead atoms. The van der Waals surface area contributed by atoms with Crippen molar-refractivity contribution in [1.82, 2.24) is 14.8 Å². The second kappa shape index (κ2) is 8.92. The maximum absolute atomic E-state index is 13.4. The van der Waals surface area contributed by atoms with E-state index in [0.717, 1.165) is 30.2 Å². The number of fused-ring (bicyclic) bond motifs is 1. The van der Waals surface area contributed by atoms with Gasteiger partial charge in [-0.3, -0.25) is 19.1 Å². The summed E-state index contributed by atoms with van der Waals surface area (Å²) >= 11 is 2.95. The molecule has 1 saturated heterocycles. The standard InChI is InChI=1S/C23H25N5O3S2/c1-23(2)21(30)24-16-8-3-4-9-17(16)28(23)19(29)14-33-22-26-25-20(18-10-6-12-32-18)27(22)13-15-7-5-11-31-15/h3-4,6,8-10,12,15H,5,7,11,13-14H2,1-2H3,(H,24,30)/t15-/m1/s1. The number of amides is 2. The first-order valence-electron chi connectivity index (χ1n) is 10.9. The molecular weight excluding hydrogens is 458 g/mol. The minimum absolute atomic E-state index is 0.117. The average Bonchev–Trinajstić information content (AvgIpc) is 3.56. The van der Waals surface area contributed by atoms with Crippen molar-refractivity contribution in [3.63, 3.8) is 0 Å². The summed E-state index contributed by atoms with van der Waals surface area (Å²) in [7, 11) is 0. The molecule has 2 aromatic heterocycles. The molecule has 0 saturated carbocycles. The minimum Gasteiger partial charge on any atom is -0.376 e. The van der Waals surface area contributed by atoms with Crippen molar-refractivity contribution >= 4 is 46.3 Å². The van der Waals surface area contributed by atoms with Gasteiger partial charge in [0.15, 0.2) is 11.0 Å². The molecule has 1 fully saturated rings. The topological polar surface area (TPSA) is 89.4 Å². The number of carbonyl (C=O) groups excluding carboxylic acids is 2. The number of carbonyl (C=O) groups is 2. The molecule has 3 aromatic rings. The van der Waals surface area contributed by atoms with Gasteiger partial charge >= 0.3 is 0 Å². The number of nitrogens with zero attached hydrogens (tertiary/aromatic N) is 4. The van der Waals surface area contributed by atoms with Gasteiger partial charge in [0.05, 0.1) is 34.7 Å². The molecule has 1 aromatic carbocycles. The number of hydrogen-bond acceptors (Lipinski definition) is 7. The number of thiophene rings is 1. The van der Waals surface area contributed by atoms with Crippen LogP contribution in [0.4, 0.5) is 11.4 Å². The number of aromatic nitrogens is 3. The Labute approximate surface area is 200 Å². The van der Waals surface area contributed by atoms with Gasteiger partial charge in [-0.15, -0.1) is 21.5 Å². The lowest BCUT2D eigenvalue weighted by Crippen LogP contribution is -2.59. The fourth-order valence-electron chi connectivity index (χ4n) is 4.23. The van der Waals surface area contributed by atoms with Gasteiger partial charge in [-0.25, -0.2) is 0 Å². The van der Waals surface area contributed by atoms with Crippen LogP contribution in [0.1, 0.15) is 26.7 Å². The van der Waals surface area contributed by atoms with Gasteiger partial charge in [-0.2, -0.15) is 0 Å². The minimum atomic E-state index is -1.00. The summed E-state index contributed by atoms with van der Waals surface area (Å²) in [5.41, 5.74) is 0.342. The number of ether oxygens (including phenoxy) is 1. The monoisotopic (exact) mass is 483 g/mol. The fourth-order valence-corrected chi connectivity index (χ4v) is 5.74. The molecular formula is C23H25N5O3S2. The predicted molar refractivity (Wildman–Crippen MR) is 130 cm³/mol. The molecule has 33 heavy (non-hydrogen) atoms. The van der Waals surface area contributed by atoms with Crippen LogP contribution in [0.15, 0.2) is 46.9 Å². The van der Waals surface area contributed by atoms with E-state index in [1.54, 1.807) is 36.2 Å². The molecule has 5 rings (SSSR count). The van der Waals surface area contributed by atoms with Gasteiger partial charge in [0, 0.05) is 6.61 Å². The second-order valence-corrected chi connectivity index (χ2v) is 10.5. The summed E-state index contributed by atoms with van der Waals surface area (Å²) in [6.45, 7) is 4.94. The number of benzene rings is 1. The Hall–Kier alpha value is -2.69. The van der Waals surface area contributed by atoms with Gasteiger partial charge in [-0.05, 0) is 50.3 Å². The maximum atomic E-state index is 13.4. The average molecular weight is 484 g/mol. The number of thioether (sulfide) groups is 1. The summed E-state index contributed by atoms with van der Waals surface area (Å²) in [6.07, 6.45) is 2.17. The van der Waals surface area contributed by atoms with Crippen LogP contribution in [-0.4, -0.2) is 50.6 Å². The lowest BCUT2D eigenvalue weighted by Gasteiger charge is -2.42. The summed E-state index contributed by atoms with van der Waals surface area (Å²) in [5.74, 6) is 0.565. The van der Waals surface area contributed by atoms with Crippen molar-refractivity contribution in [1.29, 1.82) is 0 Å². The lowest BCUT2D eigenvalue weighted by atomic mass is 9.96. The van der Waals surface area contributed by atoms with E-state index in [2.05, 4.69) is 20.1 Å². The first-order chi connectivity index (χ1) is 15.9. The summed E-state index contributed by atoms with van der Waals surface area (Å²) in [4.78, 5) is 28.8. The molecule has 0 aliphatic carbocycles. The Balaban J connectivity index is 1.40. The molecule has 10 heteroatoms. The Kier molecular flexibility index (Phi) is 5.98. The smallest absolute Gasteiger partial charge is 0.250 e. The van der Waals surface area contributed by atoms with Crippen molar-refractivity contribution < 1.29 is 14.3 Å². The van der Waals surface area contributed by atoms with Crippen molar-refractivity contribution in [2.24, 2.45) is 0 Å². The number of para-hydroxylation sites is 2. The first-order valence-corrected chi connectivity index (χ1v) is 12.8. The Morgan fingerprint density at radius 1 is 1.27 bits per heavy atom. The number of nitrogens with one attached hydrogen (secondary N) is 1. The molecule has 4 heterocycles. The van der Waals surface area contributed by atoms with Gasteiger partial charge < -0.3 is 10.1 Å². The van der Waals surface area contributed by atoms with Gasteiger partial charge in [0.1, 0.15) is 5.54 Å². The largest absolute Gasteiger partial charge is 0.376 e. The molecule has 1 N–H and O–H groups in total. The van der Waals surface area contributed by atoms with Crippen molar-refractivity contribution in [3.8, 4) is 10.7 Å². The quantitative estimate of drug-likeness (QED) is 0.532. The molecule has 2 aliphatic rings. The highest BCUT2D eigenvalue weighted by Gasteiger charge is 2.43. The molecule has 2 aliphatic heterocycles. The van der Waals surface area contributed by atoms with E-state index < -0.39 is 5.54 Å². The van der Waals surface area contributed by atoms with Gasteiger partial charge in [0.2, 0.25) is 11.8 Å². The summed E-state index contributed by atoms with van der Waals surface area (Å²) in [6, 6.07) is 11.4. The van der Waals surface area contributed by atoms with Gasteiger partial charge in [-0.1, -0.05) is 30.0 Å². The normalized spacial score (nSPS) is 19.4. The van der Waals surface area contributed by atoms with Crippen LogP contribution < -0.4 is 10.2 Å². The molecule has 8 nitrogen and oxygen atoms in total. The predicted octanol–water partition coefficient (Wildman–Crippen LogP) is 4.04. The third kappa shape index (κ3) is 4.18. The molecule has 1 atom stereocenters. The number of anilines is 2. The molecule has 0 spiro atoms. The third-order valence-corrected chi connectivity index (χ3v) is 7.77. The van der Waals surface area contributed by atoms with E-state index >= 15 is 0 Å². The van der Waals surface area contributed by atoms with Gasteiger partial charge in [0.25, 0.3) is 0 Å². The summed E-state index contributed by atoms with van der Waals surface area (Å²) < 4.78 is 7.91. The zero-order chi connectivity index (χ0) is 23.0. The second-order valence-electron chi connectivity index (χ2n) is 8.58. The van der Waals surface area contributed by atoms with Crippen LogP contribution in [0.3, 0.4) is 0 Å². The van der Waals surface area contributed by atoms with Crippen molar-refractivity contribution in [2.45, 2.75) is 50.0 Å². The zero-order valence-corrected chi connectivity index (χ0v) is 20.1. The Morgan fingerprint density at radius 2 is 2.12 bits per heavy atom. The Morgan fingerprint density at radius 3 is 2.88 bits per heavy atom. The fraction of sp³-hybridized carbons (Fsp3) is 0.391.